The second-order valence-electron chi connectivity index (χ2n) is 3.83. The molecule has 0 radical (unpaired) electrons. The van der Waals surface area contributed by atoms with E-state index in [1.807, 2.05) is 6.07 Å². The lowest BCUT2D eigenvalue weighted by molar-refractivity contribution is 0.0925. The Balaban J connectivity index is 2.35. The first kappa shape index (κ1) is 15.1. The Labute approximate surface area is 112 Å². The molecule has 0 bridgehead atoms. The normalized spacial score (nSPS) is 10.9. The highest BCUT2D eigenvalue weighted by Crippen LogP contribution is 2.17. The lowest BCUT2D eigenvalue weighted by Crippen LogP contribution is -2.30. The van der Waals surface area contributed by atoms with Crippen LogP contribution in [0.25, 0.3) is 0 Å². The van der Waals surface area contributed by atoms with Crippen LogP contribution in [0.2, 0.25) is 0 Å². The predicted octanol–water partition coefficient (Wildman–Crippen LogP) is 1.46. The van der Waals surface area contributed by atoms with Crippen LogP contribution in [0, 0.1) is 0 Å². The van der Waals surface area contributed by atoms with Crippen molar-refractivity contribution in [3.63, 3.8) is 0 Å². The van der Waals surface area contributed by atoms with Gasteiger partial charge in [-0.15, -0.1) is 0 Å². The van der Waals surface area contributed by atoms with Gasteiger partial charge in [-0.2, -0.15) is 11.8 Å². The summed E-state index contributed by atoms with van der Waals surface area (Å²) < 4.78 is 5.12. The van der Waals surface area contributed by atoms with Gasteiger partial charge in [0, 0.05) is 23.6 Å². The van der Waals surface area contributed by atoms with Crippen molar-refractivity contribution >= 4 is 17.7 Å². The van der Waals surface area contributed by atoms with Crippen LogP contribution in [0.15, 0.2) is 16.7 Å². The van der Waals surface area contributed by atoms with Gasteiger partial charge in [0.1, 0.15) is 0 Å². The topological polar surface area (TPSA) is 71.5 Å². The van der Waals surface area contributed by atoms with E-state index in [4.69, 9.17) is 10.3 Å². The predicted molar refractivity (Wildman–Crippen MR) is 74.3 cm³/mol. The Morgan fingerprint density at radius 1 is 1.50 bits per heavy atom. The molecule has 1 amide bonds. The Morgan fingerprint density at radius 2 is 2.22 bits per heavy atom. The zero-order valence-electron chi connectivity index (χ0n) is 10.9. The van der Waals surface area contributed by atoms with Crippen molar-refractivity contribution < 1.29 is 9.21 Å². The van der Waals surface area contributed by atoms with E-state index in [9.17, 15) is 4.79 Å². The Hall–Kier alpha value is -0.980. The molecular weight excluding hydrogens is 250 g/mol. The summed E-state index contributed by atoms with van der Waals surface area (Å²) in [5, 5.41) is 0. The van der Waals surface area contributed by atoms with E-state index in [-0.39, 0.29) is 5.91 Å². The van der Waals surface area contributed by atoms with Gasteiger partial charge in [0.15, 0.2) is 5.76 Å². The smallest absolute Gasteiger partial charge is 0.301 e. The maximum absolute atomic E-state index is 11.4. The monoisotopic (exact) mass is 271 g/mol. The van der Waals surface area contributed by atoms with Crippen LogP contribution in [-0.4, -0.2) is 36.2 Å². The first-order chi connectivity index (χ1) is 8.72. The van der Waals surface area contributed by atoms with Crippen LogP contribution in [0.3, 0.4) is 0 Å². The molecule has 3 N–H and O–H groups in total. The number of thioether (sulfide) groups is 1. The molecule has 1 heterocycles. The molecule has 0 aliphatic rings. The number of hydrogen-bond donors (Lipinski definition) is 2. The first-order valence-electron chi connectivity index (χ1n) is 6.10. The molecule has 0 aromatic carbocycles. The van der Waals surface area contributed by atoms with Crippen molar-refractivity contribution in [1.82, 2.24) is 10.3 Å². The molecule has 5 nitrogen and oxygen atoms in total. The van der Waals surface area contributed by atoms with Gasteiger partial charge in [-0.3, -0.25) is 10.2 Å². The molecule has 0 saturated heterocycles. The molecular formula is C12H21N3O2S. The van der Waals surface area contributed by atoms with Gasteiger partial charge < -0.3 is 9.32 Å². The average Bonchev–Trinajstić information content (AvgIpc) is 2.86. The number of nitrogens with zero attached hydrogens (tertiary/aromatic N) is 1. The Kier molecular flexibility index (Phi) is 6.85. The number of rotatable bonds is 8. The number of furan rings is 1. The van der Waals surface area contributed by atoms with Gasteiger partial charge in [-0.25, -0.2) is 5.84 Å². The van der Waals surface area contributed by atoms with Crippen LogP contribution in [0.4, 0.5) is 0 Å². The maximum Gasteiger partial charge on any atom is 0.301 e. The van der Waals surface area contributed by atoms with E-state index in [0.717, 1.165) is 36.7 Å². The standard InChI is InChI=1S/C12H21N3O2S/c1-3-15(4-2)6-8-18-9-10-5-7-17-11(10)12(16)14-13/h5,7H,3-4,6,8-9,13H2,1-2H3,(H,14,16). The van der Waals surface area contributed by atoms with E-state index in [1.165, 1.54) is 6.26 Å². The fourth-order valence-electron chi connectivity index (χ4n) is 1.63. The minimum absolute atomic E-state index is 0.313. The highest BCUT2D eigenvalue weighted by atomic mass is 32.2. The minimum Gasteiger partial charge on any atom is -0.459 e. The summed E-state index contributed by atoms with van der Waals surface area (Å²) in [7, 11) is 0. The van der Waals surface area contributed by atoms with Crippen LogP contribution in [0.1, 0.15) is 30.0 Å². The van der Waals surface area contributed by atoms with Crippen molar-refractivity contribution in [1.29, 1.82) is 0 Å². The third-order valence-electron chi connectivity index (χ3n) is 2.79. The van der Waals surface area contributed by atoms with Gasteiger partial charge in [-0.05, 0) is 19.2 Å². The first-order valence-corrected chi connectivity index (χ1v) is 7.25. The zero-order valence-corrected chi connectivity index (χ0v) is 11.8. The van der Waals surface area contributed by atoms with Gasteiger partial charge >= 0.3 is 5.91 Å². The summed E-state index contributed by atoms with van der Waals surface area (Å²) in [6, 6.07) is 1.81. The molecule has 0 saturated carbocycles. The van der Waals surface area contributed by atoms with Crippen LogP contribution in [-0.2, 0) is 5.75 Å². The van der Waals surface area contributed by atoms with E-state index in [1.54, 1.807) is 11.8 Å². The van der Waals surface area contributed by atoms with Gasteiger partial charge in [0.2, 0.25) is 0 Å². The molecule has 1 rings (SSSR count). The van der Waals surface area contributed by atoms with Crippen molar-refractivity contribution in [2.45, 2.75) is 19.6 Å². The van der Waals surface area contributed by atoms with Crippen LogP contribution in [0.5, 0.6) is 0 Å². The van der Waals surface area contributed by atoms with E-state index < -0.39 is 0 Å². The third-order valence-corrected chi connectivity index (χ3v) is 3.77. The largest absolute Gasteiger partial charge is 0.459 e. The minimum atomic E-state index is -0.376. The van der Waals surface area contributed by atoms with Gasteiger partial charge in [-0.1, -0.05) is 13.8 Å². The van der Waals surface area contributed by atoms with Crippen molar-refractivity contribution in [2.24, 2.45) is 5.84 Å². The second-order valence-corrected chi connectivity index (χ2v) is 4.93. The summed E-state index contributed by atoms with van der Waals surface area (Å²) in [4.78, 5) is 13.8. The number of carbonyl (C=O) groups excluding carboxylic acids is 1. The molecule has 0 unspecified atom stereocenters. The molecule has 0 atom stereocenters. The number of carbonyl (C=O) groups is 1. The number of nitrogen functional groups attached to an aromatic ring is 1. The molecule has 0 aliphatic heterocycles. The van der Waals surface area contributed by atoms with Crippen molar-refractivity contribution in [3.05, 3.63) is 23.7 Å². The van der Waals surface area contributed by atoms with E-state index in [0.29, 0.717) is 5.76 Å². The second kappa shape index (κ2) is 8.18. The average molecular weight is 271 g/mol. The molecule has 6 heteroatoms. The number of hydrogen-bond acceptors (Lipinski definition) is 5. The number of nitrogens with one attached hydrogen (secondary N) is 1. The Morgan fingerprint density at radius 3 is 2.83 bits per heavy atom. The quantitative estimate of drug-likeness (QED) is 0.324. The summed E-state index contributed by atoms with van der Waals surface area (Å²) >= 11 is 1.79. The lowest BCUT2D eigenvalue weighted by Gasteiger charge is -2.17. The van der Waals surface area contributed by atoms with Gasteiger partial charge in [0.05, 0.1) is 6.26 Å². The molecule has 0 spiro atoms. The highest BCUT2D eigenvalue weighted by molar-refractivity contribution is 7.98. The number of amides is 1. The van der Waals surface area contributed by atoms with Crippen molar-refractivity contribution in [2.75, 3.05) is 25.4 Å². The summed E-state index contributed by atoms with van der Waals surface area (Å²) in [5.74, 6) is 6.83. The Bertz CT molecular complexity index is 364. The van der Waals surface area contributed by atoms with Gasteiger partial charge in [0.25, 0.3) is 0 Å². The zero-order chi connectivity index (χ0) is 13.4. The fourth-order valence-corrected chi connectivity index (χ4v) is 2.61. The highest BCUT2D eigenvalue weighted by Gasteiger charge is 2.13. The third kappa shape index (κ3) is 4.36. The van der Waals surface area contributed by atoms with Crippen molar-refractivity contribution in [3.8, 4) is 0 Å². The van der Waals surface area contributed by atoms with E-state index >= 15 is 0 Å². The molecule has 1 aromatic heterocycles. The molecule has 0 aliphatic carbocycles. The maximum atomic E-state index is 11.4. The van der Waals surface area contributed by atoms with E-state index in [2.05, 4.69) is 24.2 Å². The number of hydrazine groups is 1. The van der Waals surface area contributed by atoms with Crippen LogP contribution >= 0.6 is 11.8 Å². The molecule has 18 heavy (non-hydrogen) atoms. The summed E-state index contributed by atoms with van der Waals surface area (Å²) in [6.45, 7) is 7.53. The molecule has 1 aromatic rings. The lowest BCUT2D eigenvalue weighted by atomic mass is 10.3. The summed E-state index contributed by atoms with van der Waals surface area (Å²) in [5.41, 5.74) is 2.98. The SMILES string of the molecule is CCN(CC)CCSCc1ccoc1C(=O)NN. The summed E-state index contributed by atoms with van der Waals surface area (Å²) in [6.07, 6.45) is 1.52. The molecule has 102 valence electrons. The van der Waals surface area contributed by atoms with Crippen LogP contribution < -0.4 is 11.3 Å². The fraction of sp³-hybridized carbons (Fsp3) is 0.583. The number of nitrogens with two attached hydrogens (primary N) is 1. The molecule has 0 fully saturated rings.